The Labute approximate surface area is 124 Å². The molecule has 4 heteroatoms. The van der Waals surface area contributed by atoms with Crippen molar-refractivity contribution < 1.29 is 4.79 Å². The minimum Gasteiger partial charge on any atom is -0.398 e. The number of anilines is 1. The molecule has 0 aliphatic rings. The van der Waals surface area contributed by atoms with E-state index in [1.807, 2.05) is 37.3 Å². The third kappa shape index (κ3) is 2.02. The first-order valence-corrected chi connectivity index (χ1v) is 7.03. The second-order valence-electron chi connectivity index (χ2n) is 4.77. The molecule has 2 aromatic carbocycles. The van der Waals surface area contributed by atoms with Crippen LogP contribution in [0.3, 0.4) is 0 Å². The van der Waals surface area contributed by atoms with Gasteiger partial charge in [0.05, 0.1) is 0 Å². The fourth-order valence-corrected chi connectivity index (χ4v) is 2.84. The molecule has 0 aliphatic carbocycles. The number of aromatic nitrogens is 1. The number of nitrogen functional groups attached to an aromatic ring is 1. The Hall–Kier alpha value is -2.07. The van der Waals surface area contributed by atoms with E-state index in [2.05, 4.69) is 20.9 Å². The van der Waals surface area contributed by atoms with Crippen LogP contribution >= 0.6 is 15.9 Å². The number of hydrogen-bond acceptors (Lipinski definition) is 2. The average Bonchev–Trinajstić information content (AvgIpc) is 2.86. The van der Waals surface area contributed by atoms with Crippen molar-refractivity contribution in [2.45, 2.75) is 6.92 Å². The van der Waals surface area contributed by atoms with Crippen molar-refractivity contribution in [3.8, 4) is 0 Å². The number of halogens is 1. The van der Waals surface area contributed by atoms with E-state index in [1.54, 1.807) is 12.3 Å². The van der Waals surface area contributed by atoms with Gasteiger partial charge in [-0.05, 0) is 30.7 Å². The van der Waals surface area contributed by atoms with E-state index in [9.17, 15) is 4.79 Å². The lowest BCUT2D eigenvalue weighted by atomic mass is 10.0. The molecular formula is C16H13BrN2O. The van der Waals surface area contributed by atoms with Crippen molar-refractivity contribution in [2.24, 2.45) is 0 Å². The molecule has 0 fully saturated rings. The smallest absolute Gasteiger partial charge is 0.195 e. The summed E-state index contributed by atoms with van der Waals surface area (Å²) < 4.78 is 0.902. The molecule has 0 spiro atoms. The van der Waals surface area contributed by atoms with Crippen molar-refractivity contribution >= 4 is 38.3 Å². The first kappa shape index (κ1) is 12.9. The van der Waals surface area contributed by atoms with Crippen LogP contribution in [0.5, 0.6) is 0 Å². The molecule has 0 radical (unpaired) electrons. The summed E-state index contributed by atoms with van der Waals surface area (Å²) in [5.74, 6) is -0.0325. The maximum absolute atomic E-state index is 12.6. The molecule has 3 N–H and O–H groups in total. The number of nitrogens with one attached hydrogen (secondary N) is 1. The zero-order valence-corrected chi connectivity index (χ0v) is 12.5. The van der Waals surface area contributed by atoms with Crippen LogP contribution in [0.1, 0.15) is 21.5 Å². The van der Waals surface area contributed by atoms with Crippen molar-refractivity contribution in [3.63, 3.8) is 0 Å². The largest absolute Gasteiger partial charge is 0.398 e. The zero-order chi connectivity index (χ0) is 14.3. The van der Waals surface area contributed by atoms with Gasteiger partial charge >= 0.3 is 0 Å². The standard InChI is InChI=1S/C16H13BrN2O/c1-9-5-6-10(7-13(9)18)16(20)11-8-19-14-4-2-3-12(17)15(11)14/h2-8,19H,18H2,1H3. The van der Waals surface area contributed by atoms with Crippen LogP contribution in [0.25, 0.3) is 10.9 Å². The number of rotatable bonds is 2. The lowest BCUT2D eigenvalue weighted by Gasteiger charge is -2.04. The maximum Gasteiger partial charge on any atom is 0.195 e. The molecule has 0 unspecified atom stereocenters. The van der Waals surface area contributed by atoms with E-state index in [0.29, 0.717) is 16.8 Å². The zero-order valence-electron chi connectivity index (χ0n) is 10.9. The highest BCUT2D eigenvalue weighted by Gasteiger charge is 2.16. The second-order valence-corrected chi connectivity index (χ2v) is 5.62. The monoisotopic (exact) mass is 328 g/mol. The van der Waals surface area contributed by atoms with Gasteiger partial charge in [-0.15, -0.1) is 0 Å². The molecule has 100 valence electrons. The molecule has 3 rings (SSSR count). The topological polar surface area (TPSA) is 58.9 Å². The molecule has 0 atom stereocenters. The van der Waals surface area contributed by atoms with Crippen LogP contribution in [0.4, 0.5) is 5.69 Å². The normalized spacial score (nSPS) is 10.9. The number of carbonyl (C=O) groups is 1. The SMILES string of the molecule is Cc1ccc(C(=O)c2c[nH]c3cccc(Br)c23)cc1N. The summed E-state index contributed by atoms with van der Waals surface area (Å²) >= 11 is 3.50. The van der Waals surface area contributed by atoms with Gasteiger partial charge in [-0.1, -0.05) is 34.1 Å². The first-order chi connectivity index (χ1) is 9.58. The number of carbonyl (C=O) groups excluding carboxylic acids is 1. The third-order valence-electron chi connectivity index (χ3n) is 3.44. The summed E-state index contributed by atoms with van der Waals surface area (Å²) in [6.45, 7) is 1.92. The highest BCUT2D eigenvalue weighted by atomic mass is 79.9. The molecular weight excluding hydrogens is 316 g/mol. The van der Waals surface area contributed by atoms with E-state index in [-0.39, 0.29) is 5.78 Å². The van der Waals surface area contributed by atoms with E-state index in [1.165, 1.54) is 0 Å². The predicted molar refractivity (Wildman–Crippen MR) is 85.0 cm³/mol. The van der Waals surface area contributed by atoms with Crippen molar-refractivity contribution in [1.29, 1.82) is 0 Å². The molecule has 3 nitrogen and oxygen atoms in total. The Morgan fingerprint density at radius 2 is 2.05 bits per heavy atom. The number of aryl methyl sites for hydroxylation is 1. The first-order valence-electron chi connectivity index (χ1n) is 6.24. The molecule has 0 bridgehead atoms. The van der Waals surface area contributed by atoms with Gasteiger partial charge in [0.2, 0.25) is 0 Å². The van der Waals surface area contributed by atoms with E-state index < -0.39 is 0 Å². The Morgan fingerprint density at radius 3 is 2.80 bits per heavy atom. The van der Waals surface area contributed by atoms with Gasteiger partial charge in [0, 0.05) is 38.4 Å². The van der Waals surface area contributed by atoms with E-state index >= 15 is 0 Å². The molecule has 3 aromatic rings. The second kappa shape index (κ2) is 4.80. The van der Waals surface area contributed by atoms with Gasteiger partial charge < -0.3 is 10.7 Å². The fourth-order valence-electron chi connectivity index (χ4n) is 2.26. The summed E-state index contributed by atoms with van der Waals surface area (Å²) in [7, 11) is 0. The van der Waals surface area contributed by atoms with Gasteiger partial charge in [-0.2, -0.15) is 0 Å². The minimum absolute atomic E-state index is 0.0325. The van der Waals surface area contributed by atoms with Crippen molar-refractivity contribution in [3.05, 3.63) is 63.8 Å². The summed E-state index contributed by atoms with van der Waals surface area (Å²) in [5.41, 5.74) is 9.68. The molecule has 20 heavy (non-hydrogen) atoms. The highest BCUT2D eigenvalue weighted by molar-refractivity contribution is 9.10. The van der Waals surface area contributed by atoms with Crippen molar-refractivity contribution in [1.82, 2.24) is 4.98 Å². The highest BCUT2D eigenvalue weighted by Crippen LogP contribution is 2.29. The van der Waals surface area contributed by atoms with Gasteiger partial charge in [0.15, 0.2) is 5.78 Å². The molecule has 0 amide bonds. The van der Waals surface area contributed by atoms with Crippen molar-refractivity contribution in [2.75, 3.05) is 5.73 Å². The van der Waals surface area contributed by atoms with Gasteiger partial charge in [-0.25, -0.2) is 0 Å². The third-order valence-corrected chi connectivity index (χ3v) is 4.10. The van der Waals surface area contributed by atoms with Crippen LogP contribution in [0.15, 0.2) is 47.1 Å². The Morgan fingerprint density at radius 1 is 1.25 bits per heavy atom. The van der Waals surface area contributed by atoms with Crippen LogP contribution in [-0.4, -0.2) is 10.8 Å². The minimum atomic E-state index is -0.0325. The van der Waals surface area contributed by atoms with Gasteiger partial charge in [-0.3, -0.25) is 4.79 Å². The quantitative estimate of drug-likeness (QED) is 0.550. The summed E-state index contributed by atoms with van der Waals surface area (Å²) in [6.07, 6.45) is 1.74. The number of nitrogens with two attached hydrogens (primary N) is 1. The number of fused-ring (bicyclic) bond motifs is 1. The predicted octanol–water partition coefficient (Wildman–Crippen LogP) is 4.05. The number of H-pyrrole nitrogens is 1. The molecule has 0 saturated carbocycles. The Kier molecular flexibility index (Phi) is 3.10. The Bertz CT molecular complexity index is 820. The van der Waals surface area contributed by atoms with Crippen LogP contribution in [0.2, 0.25) is 0 Å². The summed E-state index contributed by atoms with van der Waals surface area (Å²) in [5, 5.41) is 0.900. The van der Waals surface area contributed by atoms with Gasteiger partial charge in [0.25, 0.3) is 0 Å². The molecule has 1 heterocycles. The number of ketones is 1. The molecule has 0 saturated heterocycles. The lowest BCUT2D eigenvalue weighted by Crippen LogP contribution is -2.02. The Balaban J connectivity index is 2.15. The molecule has 1 aromatic heterocycles. The number of hydrogen-bond donors (Lipinski definition) is 2. The summed E-state index contributed by atoms with van der Waals surface area (Å²) in [6, 6.07) is 11.2. The maximum atomic E-state index is 12.6. The van der Waals surface area contributed by atoms with Crippen LogP contribution < -0.4 is 5.73 Å². The number of benzene rings is 2. The lowest BCUT2D eigenvalue weighted by molar-refractivity contribution is 0.104. The fraction of sp³-hybridized carbons (Fsp3) is 0.0625. The average molecular weight is 329 g/mol. The van der Waals surface area contributed by atoms with Gasteiger partial charge in [0.1, 0.15) is 0 Å². The van der Waals surface area contributed by atoms with E-state index in [0.717, 1.165) is 20.9 Å². The van der Waals surface area contributed by atoms with E-state index in [4.69, 9.17) is 5.73 Å². The number of aromatic amines is 1. The molecule has 0 aliphatic heterocycles. The summed E-state index contributed by atoms with van der Waals surface area (Å²) in [4.78, 5) is 15.8. The van der Waals surface area contributed by atoms with Crippen LogP contribution in [0, 0.1) is 6.92 Å². The van der Waals surface area contributed by atoms with Crippen LogP contribution in [-0.2, 0) is 0 Å².